The molecule has 5 nitrogen and oxygen atoms in total. The van der Waals surface area contributed by atoms with Crippen LogP contribution in [-0.4, -0.2) is 21.9 Å². The number of fused-ring (bicyclic) bond motifs is 1. The lowest BCUT2D eigenvalue weighted by molar-refractivity contribution is -0.132. The highest BCUT2D eigenvalue weighted by Gasteiger charge is 2.46. The third-order valence-electron chi connectivity index (χ3n) is 3.65. The quantitative estimate of drug-likeness (QED) is 0.458. The van der Waals surface area contributed by atoms with E-state index < -0.39 is 11.5 Å². The highest BCUT2D eigenvalue weighted by molar-refractivity contribution is 6.10. The SMILES string of the molecule is O=C1Nc2ccccc2[C@]1(O)C/C(=N\O)c1ccccc1. The van der Waals surface area contributed by atoms with Crippen LogP contribution in [0.5, 0.6) is 0 Å². The molecule has 0 aromatic heterocycles. The van der Waals surface area contributed by atoms with Crippen LogP contribution < -0.4 is 5.32 Å². The Bertz CT molecular complexity index is 712. The van der Waals surface area contributed by atoms with Crippen LogP contribution in [0.15, 0.2) is 59.8 Å². The van der Waals surface area contributed by atoms with E-state index in [4.69, 9.17) is 0 Å². The van der Waals surface area contributed by atoms with Crippen molar-refractivity contribution >= 4 is 17.3 Å². The first-order valence-electron chi connectivity index (χ1n) is 6.55. The van der Waals surface area contributed by atoms with E-state index in [-0.39, 0.29) is 12.1 Å². The van der Waals surface area contributed by atoms with E-state index in [0.717, 1.165) is 0 Å². The lowest BCUT2D eigenvalue weighted by Crippen LogP contribution is -2.36. The van der Waals surface area contributed by atoms with Gasteiger partial charge in [0, 0.05) is 17.7 Å². The third-order valence-corrected chi connectivity index (χ3v) is 3.65. The Labute approximate surface area is 121 Å². The van der Waals surface area contributed by atoms with Crippen molar-refractivity contribution in [2.75, 3.05) is 5.32 Å². The number of para-hydroxylation sites is 1. The first-order chi connectivity index (χ1) is 10.1. The van der Waals surface area contributed by atoms with Gasteiger partial charge in [-0.1, -0.05) is 53.7 Å². The summed E-state index contributed by atoms with van der Waals surface area (Å²) in [7, 11) is 0. The summed E-state index contributed by atoms with van der Waals surface area (Å²) >= 11 is 0. The van der Waals surface area contributed by atoms with Crippen molar-refractivity contribution in [2.45, 2.75) is 12.0 Å². The molecule has 5 heteroatoms. The van der Waals surface area contributed by atoms with E-state index in [9.17, 15) is 15.1 Å². The summed E-state index contributed by atoms with van der Waals surface area (Å²) in [6, 6.07) is 15.9. The first kappa shape index (κ1) is 13.3. The van der Waals surface area contributed by atoms with Crippen LogP contribution in [0.1, 0.15) is 17.5 Å². The summed E-state index contributed by atoms with van der Waals surface area (Å²) in [6.07, 6.45) is -0.101. The van der Waals surface area contributed by atoms with Gasteiger partial charge < -0.3 is 15.6 Å². The van der Waals surface area contributed by atoms with Gasteiger partial charge in [0.15, 0.2) is 5.60 Å². The Morgan fingerprint density at radius 2 is 1.76 bits per heavy atom. The Kier molecular flexibility index (Phi) is 3.19. The Morgan fingerprint density at radius 3 is 2.48 bits per heavy atom. The van der Waals surface area contributed by atoms with Gasteiger partial charge in [0.05, 0.1) is 5.71 Å². The van der Waals surface area contributed by atoms with Crippen molar-refractivity contribution in [1.82, 2.24) is 0 Å². The molecule has 0 spiro atoms. The van der Waals surface area contributed by atoms with Gasteiger partial charge in [0.25, 0.3) is 5.91 Å². The van der Waals surface area contributed by atoms with Crippen molar-refractivity contribution in [3.05, 3.63) is 65.7 Å². The lowest BCUT2D eigenvalue weighted by Gasteiger charge is -2.21. The van der Waals surface area contributed by atoms with Gasteiger partial charge in [-0.25, -0.2) is 0 Å². The fourth-order valence-electron chi connectivity index (χ4n) is 2.54. The van der Waals surface area contributed by atoms with Gasteiger partial charge in [-0.2, -0.15) is 0 Å². The zero-order valence-corrected chi connectivity index (χ0v) is 11.2. The van der Waals surface area contributed by atoms with Crippen molar-refractivity contribution < 1.29 is 15.1 Å². The number of aliphatic hydroxyl groups is 1. The fourth-order valence-corrected chi connectivity index (χ4v) is 2.54. The number of hydrogen-bond acceptors (Lipinski definition) is 4. The largest absolute Gasteiger partial charge is 0.411 e. The van der Waals surface area contributed by atoms with E-state index in [1.165, 1.54) is 0 Å². The van der Waals surface area contributed by atoms with Gasteiger partial charge in [-0.15, -0.1) is 0 Å². The van der Waals surface area contributed by atoms with Crippen molar-refractivity contribution in [3.63, 3.8) is 0 Å². The summed E-state index contributed by atoms with van der Waals surface area (Å²) < 4.78 is 0. The average Bonchev–Trinajstić information content (AvgIpc) is 2.78. The zero-order chi connectivity index (χ0) is 14.9. The minimum Gasteiger partial charge on any atom is -0.411 e. The summed E-state index contributed by atoms with van der Waals surface area (Å²) in [6.45, 7) is 0. The lowest BCUT2D eigenvalue weighted by atomic mass is 9.88. The average molecular weight is 282 g/mol. The van der Waals surface area contributed by atoms with Crippen LogP contribution >= 0.6 is 0 Å². The van der Waals surface area contributed by atoms with E-state index >= 15 is 0 Å². The van der Waals surface area contributed by atoms with E-state index in [0.29, 0.717) is 16.8 Å². The van der Waals surface area contributed by atoms with Crippen LogP contribution in [0.25, 0.3) is 0 Å². The summed E-state index contributed by atoms with van der Waals surface area (Å²) in [5.41, 5.74) is 0.256. The molecule has 0 saturated carbocycles. The van der Waals surface area contributed by atoms with Crippen LogP contribution in [0.3, 0.4) is 0 Å². The number of anilines is 1. The molecule has 2 aromatic rings. The second-order valence-corrected chi connectivity index (χ2v) is 4.95. The summed E-state index contributed by atoms with van der Waals surface area (Å²) in [4.78, 5) is 12.1. The normalized spacial score (nSPS) is 21.0. The number of benzene rings is 2. The molecule has 3 N–H and O–H groups in total. The standard InChI is InChI=1S/C16H14N2O3/c19-15-16(20,12-8-4-5-9-13(12)17-15)10-14(18-21)11-6-2-1-3-7-11/h1-9,20-21H,10H2,(H,17,19)/b18-14+/t16-/m1/s1. The predicted molar refractivity (Wildman–Crippen MR) is 78.4 cm³/mol. The molecule has 1 heterocycles. The maximum atomic E-state index is 12.1. The zero-order valence-electron chi connectivity index (χ0n) is 11.2. The molecular weight excluding hydrogens is 268 g/mol. The molecule has 21 heavy (non-hydrogen) atoms. The molecule has 3 rings (SSSR count). The Balaban J connectivity index is 1.99. The van der Waals surface area contributed by atoms with Gasteiger partial charge in [0.1, 0.15) is 0 Å². The molecule has 0 fully saturated rings. The van der Waals surface area contributed by atoms with Crippen LogP contribution in [0, 0.1) is 0 Å². The number of amides is 1. The number of carbonyl (C=O) groups is 1. The fraction of sp³-hybridized carbons (Fsp3) is 0.125. The van der Waals surface area contributed by atoms with Gasteiger partial charge in [0.2, 0.25) is 0 Å². The molecular formula is C16H14N2O3. The Hall–Kier alpha value is -2.66. The highest BCUT2D eigenvalue weighted by Crippen LogP contribution is 2.38. The van der Waals surface area contributed by atoms with Crippen LogP contribution in [-0.2, 0) is 10.4 Å². The highest BCUT2D eigenvalue weighted by atomic mass is 16.4. The molecule has 0 radical (unpaired) electrons. The number of rotatable bonds is 3. The van der Waals surface area contributed by atoms with E-state index in [1.54, 1.807) is 48.5 Å². The summed E-state index contributed by atoms with van der Waals surface area (Å²) in [5.74, 6) is -0.513. The van der Waals surface area contributed by atoms with Crippen LogP contribution in [0.4, 0.5) is 5.69 Å². The number of nitrogens with one attached hydrogen (secondary N) is 1. The minimum atomic E-state index is -1.73. The molecule has 1 aliphatic heterocycles. The first-order valence-corrected chi connectivity index (χ1v) is 6.55. The maximum Gasteiger partial charge on any atom is 0.261 e. The molecule has 1 atom stereocenters. The smallest absolute Gasteiger partial charge is 0.261 e. The molecule has 0 bridgehead atoms. The second-order valence-electron chi connectivity index (χ2n) is 4.95. The number of carbonyl (C=O) groups excluding carboxylic acids is 1. The maximum absolute atomic E-state index is 12.1. The van der Waals surface area contributed by atoms with Gasteiger partial charge in [-0.05, 0) is 11.6 Å². The summed E-state index contributed by atoms with van der Waals surface area (Å²) in [5, 5.41) is 25.9. The number of nitrogens with zero attached hydrogens (tertiary/aromatic N) is 1. The molecule has 1 amide bonds. The molecule has 0 saturated heterocycles. The van der Waals surface area contributed by atoms with Crippen molar-refractivity contribution in [1.29, 1.82) is 0 Å². The van der Waals surface area contributed by atoms with Crippen molar-refractivity contribution in [3.8, 4) is 0 Å². The molecule has 2 aromatic carbocycles. The van der Waals surface area contributed by atoms with E-state index in [1.807, 2.05) is 6.07 Å². The molecule has 0 aliphatic carbocycles. The number of hydrogen-bond donors (Lipinski definition) is 3. The minimum absolute atomic E-state index is 0.101. The predicted octanol–water partition coefficient (Wildman–Crippen LogP) is 2.09. The number of oxime groups is 1. The van der Waals surface area contributed by atoms with Crippen molar-refractivity contribution in [2.24, 2.45) is 5.16 Å². The van der Waals surface area contributed by atoms with Gasteiger partial charge >= 0.3 is 0 Å². The molecule has 106 valence electrons. The second kappa shape index (κ2) is 5.03. The monoisotopic (exact) mass is 282 g/mol. The van der Waals surface area contributed by atoms with E-state index in [2.05, 4.69) is 10.5 Å². The molecule has 0 unspecified atom stereocenters. The molecule has 1 aliphatic rings. The van der Waals surface area contributed by atoms with Crippen LogP contribution in [0.2, 0.25) is 0 Å². The Morgan fingerprint density at radius 1 is 1.10 bits per heavy atom. The third kappa shape index (κ3) is 2.17. The van der Waals surface area contributed by atoms with Gasteiger partial charge in [-0.3, -0.25) is 4.79 Å². The topological polar surface area (TPSA) is 81.9 Å².